The molecule has 0 unspecified atom stereocenters. The molecule has 0 saturated carbocycles. The number of hydrogen-bond donors (Lipinski definition) is 0. The van der Waals surface area contributed by atoms with Crippen molar-refractivity contribution in [2.75, 3.05) is 0 Å². The number of esters is 1. The maximum absolute atomic E-state index is 11.8. The lowest BCUT2D eigenvalue weighted by atomic mass is 10.2. The van der Waals surface area contributed by atoms with Crippen LogP contribution in [0.2, 0.25) is 0 Å². The van der Waals surface area contributed by atoms with E-state index in [1.165, 1.54) is 0 Å². The van der Waals surface area contributed by atoms with Crippen molar-refractivity contribution >= 4 is 23.5 Å². The Bertz CT molecular complexity index is 614. The second kappa shape index (κ2) is 5.02. The van der Waals surface area contributed by atoms with Crippen molar-refractivity contribution in [3.05, 3.63) is 58.3 Å². The second-order valence-electron chi connectivity index (χ2n) is 4.49. The number of halogens is 1. The van der Waals surface area contributed by atoms with E-state index in [4.69, 9.17) is 16.3 Å². The molecule has 3 rings (SSSR count). The maximum Gasteiger partial charge on any atom is 0.363 e. The summed E-state index contributed by atoms with van der Waals surface area (Å²) in [6.07, 6.45) is 4.55. The van der Waals surface area contributed by atoms with Gasteiger partial charge in [-0.05, 0) is 43.0 Å². The number of benzene rings is 1. The highest BCUT2D eigenvalue weighted by atomic mass is 35.5. The molecule has 96 valence electrons. The van der Waals surface area contributed by atoms with Crippen LogP contribution in [0.15, 0.2) is 57.7 Å². The Kier molecular flexibility index (Phi) is 3.22. The lowest BCUT2D eigenvalue weighted by molar-refractivity contribution is -0.130. The third-order valence-electron chi connectivity index (χ3n) is 3.14. The molecule has 0 N–H and O–H groups in total. The van der Waals surface area contributed by atoms with E-state index >= 15 is 0 Å². The highest BCUT2D eigenvalue weighted by Gasteiger charge is 2.25. The fourth-order valence-corrected chi connectivity index (χ4v) is 2.44. The van der Waals surface area contributed by atoms with Gasteiger partial charge in [0.15, 0.2) is 5.70 Å². The number of carbonyl (C=O) groups is 1. The molecule has 0 radical (unpaired) electrons. The van der Waals surface area contributed by atoms with Gasteiger partial charge >= 0.3 is 5.97 Å². The molecule has 1 aromatic carbocycles. The van der Waals surface area contributed by atoms with Crippen LogP contribution in [0.25, 0.3) is 0 Å². The summed E-state index contributed by atoms with van der Waals surface area (Å²) >= 11 is 6.09. The zero-order valence-corrected chi connectivity index (χ0v) is 11.0. The Balaban J connectivity index is 1.92. The number of carbonyl (C=O) groups excluding carboxylic acids is 1. The largest absolute Gasteiger partial charge is 0.402 e. The predicted octanol–water partition coefficient (Wildman–Crippen LogP) is 3.55. The SMILES string of the molecule is O=C1OC(c2ccccc2)=N/C1=C/C1=C(Cl)CCC1. The van der Waals surface area contributed by atoms with Crippen LogP contribution in [0.4, 0.5) is 0 Å². The number of nitrogens with zero attached hydrogens (tertiary/aromatic N) is 1. The molecule has 0 spiro atoms. The van der Waals surface area contributed by atoms with E-state index in [2.05, 4.69) is 4.99 Å². The second-order valence-corrected chi connectivity index (χ2v) is 4.94. The van der Waals surface area contributed by atoms with Crippen LogP contribution < -0.4 is 0 Å². The normalized spacial score (nSPS) is 21.0. The van der Waals surface area contributed by atoms with E-state index < -0.39 is 5.97 Å². The van der Waals surface area contributed by atoms with Crippen molar-refractivity contribution in [2.24, 2.45) is 4.99 Å². The first kappa shape index (κ1) is 12.2. The van der Waals surface area contributed by atoms with Crippen LogP contribution in [-0.2, 0) is 9.53 Å². The van der Waals surface area contributed by atoms with Gasteiger partial charge in [0.1, 0.15) is 0 Å². The highest BCUT2D eigenvalue weighted by Crippen LogP contribution is 2.31. The van der Waals surface area contributed by atoms with Crippen LogP contribution in [0, 0.1) is 0 Å². The molecular weight excluding hydrogens is 262 g/mol. The fourth-order valence-electron chi connectivity index (χ4n) is 2.16. The maximum atomic E-state index is 11.8. The van der Waals surface area contributed by atoms with Gasteiger partial charge in [-0.25, -0.2) is 9.79 Å². The Labute approximate surface area is 116 Å². The minimum atomic E-state index is -0.414. The van der Waals surface area contributed by atoms with E-state index in [0.29, 0.717) is 11.6 Å². The third kappa shape index (κ3) is 2.47. The monoisotopic (exact) mass is 273 g/mol. The molecule has 0 saturated heterocycles. The molecule has 2 aliphatic rings. The van der Waals surface area contributed by atoms with Crippen molar-refractivity contribution in [3.63, 3.8) is 0 Å². The van der Waals surface area contributed by atoms with Crippen LogP contribution >= 0.6 is 11.6 Å². The predicted molar refractivity (Wildman–Crippen MR) is 73.9 cm³/mol. The zero-order chi connectivity index (χ0) is 13.2. The van der Waals surface area contributed by atoms with Gasteiger partial charge in [-0.1, -0.05) is 29.8 Å². The molecule has 19 heavy (non-hydrogen) atoms. The summed E-state index contributed by atoms with van der Waals surface area (Å²) in [6, 6.07) is 9.38. The van der Waals surface area contributed by atoms with Crippen molar-refractivity contribution in [3.8, 4) is 0 Å². The highest BCUT2D eigenvalue weighted by molar-refractivity contribution is 6.30. The molecule has 1 heterocycles. The van der Waals surface area contributed by atoms with Gasteiger partial charge in [0.05, 0.1) is 0 Å². The molecular formula is C15H12ClNO2. The number of aliphatic imine (C=N–C) groups is 1. The fraction of sp³-hybridized carbons (Fsp3) is 0.200. The minimum absolute atomic E-state index is 0.328. The first-order chi connectivity index (χ1) is 9.24. The van der Waals surface area contributed by atoms with E-state index in [9.17, 15) is 4.79 Å². The first-order valence-corrected chi connectivity index (χ1v) is 6.57. The summed E-state index contributed by atoms with van der Waals surface area (Å²) in [6.45, 7) is 0. The van der Waals surface area contributed by atoms with Crippen molar-refractivity contribution in [1.82, 2.24) is 0 Å². The van der Waals surface area contributed by atoms with Gasteiger partial charge in [0.25, 0.3) is 0 Å². The summed E-state index contributed by atoms with van der Waals surface area (Å²) in [5, 5.41) is 0.823. The minimum Gasteiger partial charge on any atom is -0.402 e. The van der Waals surface area contributed by atoms with Gasteiger partial charge < -0.3 is 4.74 Å². The molecule has 0 atom stereocenters. The summed E-state index contributed by atoms with van der Waals surface area (Å²) in [5.74, 6) is -0.0608. The topological polar surface area (TPSA) is 38.7 Å². The molecule has 0 fully saturated rings. The Hall–Kier alpha value is -1.87. The quantitative estimate of drug-likeness (QED) is 0.610. The summed E-state index contributed by atoms with van der Waals surface area (Å²) in [7, 11) is 0. The Morgan fingerprint density at radius 3 is 2.68 bits per heavy atom. The van der Waals surface area contributed by atoms with E-state index in [1.807, 2.05) is 30.3 Å². The van der Waals surface area contributed by atoms with Crippen LogP contribution in [0.1, 0.15) is 24.8 Å². The standard InChI is InChI=1S/C15H12ClNO2/c16-12-8-4-7-11(12)9-13-15(18)19-14(17-13)10-5-2-1-3-6-10/h1-3,5-6,9H,4,7-8H2/b13-9+. The number of cyclic esters (lactones) is 1. The third-order valence-corrected chi connectivity index (χ3v) is 3.57. The molecule has 0 bridgehead atoms. The van der Waals surface area contributed by atoms with Crippen molar-refractivity contribution in [1.29, 1.82) is 0 Å². The molecule has 3 nitrogen and oxygen atoms in total. The average molecular weight is 274 g/mol. The summed E-state index contributed by atoms with van der Waals surface area (Å²) in [4.78, 5) is 16.0. The first-order valence-electron chi connectivity index (χ1n) is 6.19. The van der Waals surface area contributed by atoms with E-state index in [0.717, 1.165) is 35.4 Å². The zero-order valence-electron chi connectivity index (χ0n) is 10.2. The molecule has 1 aromatic rings. The van der Waals surface area contributed by atoms with Gasteiger partial charge in [0.2, 0.25) is 5.90 Å². The van der Waals surface area contributed by atoms with Gasteiger partial charge in [-0.15, -0.1) is 0 Å². The number of ether oxygens (including phenoxy) is 1. The Morgan fingerprint density at radius 2 is 2.00 bits per heavy atom. The Morgan fingerprint density at radius 1 is 1.21 bits per heavy atom. The van der Waals surface area contributed by atoms with Gasteiger partial charge in [-0.3, -0.25) is 0 Å². The lowest BCUT2D eigenvalue weighted by Crippen LogP contribution is -2.05. The summed E-state index contributed by atoms with van der Waals surface area (Å²) in [5.41, 5.74) is 2.12. The van der Waals surface area contributed by atoms with Gasteiger partial charge in [0, 0.05) is 10.6 Å². The van der Waals surface area contributed by atoms with Crippen LogP contribution in [-0.4, -0.2) is 11.9 Å². The molecule has 0 amide bonds. The number of allylic oxidation sites excluding steroid dienone is 3. The van der Waals surface area contributed by atoms with Crippen molar-refractivity contribution in [2.45, 2.75) is 19.3 Å². The van der Waals surface area contributed by atoms with Crippen LogP contribution in [0.5, 0.6) is 0 Å². The van der Waals surface area contributed by atoms with E-state index in [1.54, 1.807) is 6.08 Å². The molecule has 1 aliphatic carbocycles. The van der Waals surface area contributed by atoms with Crippen LogP contribution in [0.3, 0.4) is 0 Å². The summed E-state index contributed by atoms with van der Waals surface area (Å²) < 4.78 is 5.18. The van der Waals surface area contributed by atoms with Gasteiger partial charge in [-0.2, -0.15) is 0 Å². The number of hydrogen-bond acceptors (Lipinski definition) is 3. The molecule has 1 aliphatic heterocycles. The van der Waals surface area contributed by atoms with Crippen molar-refractivity contribution < 1.29 is 9.53 Å². The number of rotatable bonds is 2. The van der Waals surface area contributed by atoms with E-state index in [-0.39, 0.29) is 0 Å². The molecule has 0 aromatic heterocycles. The smallest absolute Gasteiger partial charge is 0.363 e. The average Bonchev–Trinajstić information content (AvgIpc) is 2.99. The molecule has 4 heteroatoms. The lowest BCUT2D eigenvalue weighted by Gasteiger charge is -1.97.